The van der Waals surface area contributed by atoms with Gasteiger partial charge in [-0.3, -0.25) is 9.59 Å². The van der Waals surface area contributed by atoms with Crippen molar-refractivity contribution in [3.05, 3.63) is 48.0 Å². The van der Waals surface area contributed by atoms with Crippen molar-refractivity contribution in [2.75, 3.05) is 17.2 Å². The van der Waals surface area contributed by atoms with Crippen LogP contribution < -0.4 is 20.1 Å². The lowest BCUT2D eigenvalue weighted by atomic mass is 10.0. The highest BCUT2D eigenvalue weighted by molar-refractivity contribution is 7.89. The van der Waals surface area contributed by atoms with Crippen molar-refractivity contribution in [1.82, 2.24) is 4.72 Å². The number of benzene rings is 2. The average Bonchev–Trinajstić information content (AvgIpc) is 2.93. The predicted molar refractivity (Wildman–Crippen MR) is 123 cm³/mol. The Bertz CT molecular complexity index is 1080. The summed E-state index contributed by atoms with van der Waals surface area (Å²) in [5.41, 5.74) is 1.93. The third-order valence-corrected chi connectivity index (χ3v) is 6.61. The van der Waals surface area contributed by atoms with Crippen LogP contribution >= 0.6 is 0 Å². The molecule has 32 heavy (non-hydrogen) atoms. The zero-order valence-corrected chi connectivity index (χ0v) is 19.3. The van der Waals surface area contributed by atoms with Crippen LogP contribution in [0.2, 0.25) is 0 Å². The number of carbonyl (C=O) groups is 2. The Kier molecular flexibility index (Phi) is 7.52. The molecule has 2 aromatic rings. The molecule has 0 bridgehead atoms. The van der Waals surface area contributed by atoms with Crippen LogP contribution in [0.25, 0.3) is 0 Å². The summed E-state index contributed by atoms with van der Waals surface area (Å²) in [5, 5.41) is 5.55. The number of aryl methyl sites for hydroxylation is 1. The van der Waals surface area contributed by atoms with E-state index in [9.17, 15) is 18.0 Å². The maximum absolute atomic E-state index is 13.1. The molecule has 0 saturated heterocycles. The number of sulfonamides is 1. The summed E-state index contributed by atoms with van der Waals surface area (Å²) in [4.78, 5) is 24.7. The van der Waals surface area contributed by atoms with E-state index in [1.807, 2.05) is 6.92 Å². The van der Waals surface area contributed by atoms with Crippen LogP contribution in [-0.4, -0.2) is 32.9 Å². The van der Waals surface area contributed by atoms with Crippen molar-refractivity contribution in [3.8, 4) is 5.75 Å². The molecular formula is C23H29N3O5S. The molecular weight excluding hydrogens is 430 g/mol. The summed E-state index contributed by atoms with van der Waals surface area (Å²) in [6, 6.07) is 10.5. The van der Waals surface area contributed by atoms with E-state index in [0.29, 0.717) is 43.0 Å². The molecule has 0 saturated carbocycles. The quantitative estimate of drug-likeness (QED) is 0.561. The van der Waals surface area contributed by atoms with Gasteiger partial charge in [-0.1, -0.05) is 13.8 Å². The van der Waals surface area contributed by atoms with Gasteiger partial charge in [0.1, 0.15) is 11.8 Å². The Hall–Kier alpha value is -2.91. The van der Waals surface area contributed by atoms with Crippen LogP contribution in [0.1, 0.15) is 39.2 Å². The minimum atomic E-state index is -3.96. The van der Waals surface area contributed by atoms with E-state index in [2.05, 4.69) is 15.4 Å². The summed E-state index contributed by atoms with van der Waals surface area (Å²) < 4.78 is 34.1. The van der Waals surface area contributed by atoms with E-state index in [1.54, 1.807) is 50.2 Å². The van der Waals surface area contributed by atoms with Crippen molar-refractivity contribution in [2.24, 2.45) is 5.92 Å². The first kappa shape index (κ1) is 23.7. The van der Waals surface area contributed by atoms with Crippen LogP contribution in [-0.2, 0) is 26.0 Å². The van der Waals surface area contributed by atoms with Crippen LogP contribution in [0.5, 0.6) is 5.75 Å². The topological polar surface area (TPSA) is 114 Å². The average molecular weight is 460 g/mol. The Morgan fingerprint density at radius 2 is 1.84 bits per heavy atom. The first-order valence-electron chi connectivity index (χ1n) is 10.7. The summed E-state index contributed by atoms with van der Waals surface area (Å²) in [5.74, 6) is -0.128. The van der Waals surface area contributed by atoms with Gasteiger partial charge in [-0.15, -0.1) is 0 Å². The SMILES string of the molecule is CCOc1ccc(NC(=O)[C@H](NS(=O)(=O)c2ccc3c(c2)CCCC(=O)N3)C(C)C)cc1. The summed E-state index contributed by atoms with van der Waals surface area (Å²) in [6.07, 6.45) is 1.65. The minimum absolute atomic E-state index is 0.0620. The molecule has 3 rings (SSSR count). The number of anilines is 2. The van der Waals surface area contributed by atoms with Gasteiger partial charge in [0.2, 0.25) is 21.8 Å². The number of fused-ring (bicyclic) bond motifs is 1. The molecule has 1 atom stereocenters. The van der Waals surface area contributed by atoms with Crippen molar-refractivity contribution >= 4 is 33.2 Å². The molecule has 0 fully saturated rings. The second-order valence-corrected chi connectivity index (χ2v) is 9.72. The van der Waals surface area contributed by atoms with E-state index in [1.165, 1.54) is 6.07 Å². The maximum atomic E-state index is 13.1. The van der Waals surface area contributed by atoms with Gasteiger partial charge < -0.3 is 15.4 Å². The van der Waals surface area contributed by atoms with Gasteiger partial charge in [0, 0.05) is 17.8 Å². The molecule has 1 heterocycles. The Morgan fingerprint density at radius 1 is 1.12 bits per heavy atom. The fraction of sp³-hybridized carbons (Fsp3) is 0.391. The van der Waals surface area contributed by atoms with Gasteiger partial charge in [-0.05, 0) is 73.7 Å². The van der Waals surface area contributed by atoms with Crippen LogP contribution in [0.4, 0.5) is 11.4 Å². The van der Waals surface area contributed by atoms with E-state index >= 15 is 0 Å². The molecule has 3 N–H and O–H groups in total. The van der Waals surface area contributed by atoms with Gasteiger partial charge >= 0.3 is 0 Å². The zero-order chi connectivity index (χ0) is 23.3. The van der Waals surface area contributed by atoms with Gasteiger partial charge in [0.15, 0.2) is 0 Å². The van der Waals surface area contributed by atoms with E-state index in [0.717, 1.165) is 5.56 Å². The smallest absolute Gasteiger partial charge is 0.242 e. The molecule has 2 aromatic carbocycles. The highest BCUT2D eigenvalue weighted by Crippen LogP contribution is 2.25. The predicted octanol–water partition coefficient (Wildman–Crippen LogP) is 3.30. The van der Waals surface area contributed by atoms with Crippen molar-refractivity contribution < 1.29 is 22.7 Å². The molecule has 2 amide bonds. The van der Waals surface area contributed by atoms with Gasteiger partial charge in [-0.25, -0.2) is 8.42 Å². The number of ether oxygens (including phenoxy) is 1. The first-order chi connectivity index (χ1) is 15.2. The maximum Gasteiger partial charge on any atom is 0.242 e. The van der Waals surface area contributed by atoms with E-state index in [4.69, 9.17) is 4.74 Å². The fourth-order valence-corrected chi connectivity index (χ4v) is 4.86. The number of rotatable bonds is 8. The molecule has 8 nitrogen and oxygen atoms in total. The molecule has 0 aromatic heterocycles. The molecule has 0 aliphatic carbocycles. The lowest BCUT2D eigenvalue weighted by molar-refractivity contribution is -0.118. The zero-order valence-electron chi connectivity index (χ0n) is 18.5. The Balaban J connectivity index is 1.76. The number of carbonyl (C=O) groups excluding carboxylic acids is 2. The number of hydrogen-bond acceptors (Lipinski definition) is 5. The lowest BCUT2D eigenvalue weighted by Gasteiger charge is -2.22. The van der Waals surface area contributed by atoms with Gasteiger partial charge in [-0.2, -0.15) is 4.72 Å². The van der Waals surface area contributed by atoms with Gasteiger partial charge in [0.25, 0.3) is 0 Å². The number of nitrogens with one attached hydrogen (secondary N) is 3. The van der Waals surface area contributed by atoms with Crippen molar-refractivity contribution in [1.29, 1.82) is 0 Å². The van der Waals surface area contributed by atoms with Crippen molar-refractivity contribution in [2.45, 2.75) is 51.0 Å². The fourth-order valence-electron chi connectivity index (χ4n) is 3.47. The molecule has 0 unspecified atom stereocenters. The molecule has 0 radical (unpaired) electrons. The molecule has 1 aliphatic rings. The second kappa shape index (κ2) is 10.1. The molecule has 0 spiro atoms. The number of amides is 2. The van der Waals surface area contributed by atoms with Gasteiger partial charge in [0.05, 0.1) is 11.5 Å². The Morgan fingerprint density at radius 3 is 2.50 bits per heavy atom. The second-order valence-electron chi connectivity index (χ2n) is 8.01. The van der Waals surface area contributed by atoms with Crippen LogP contribution in [0.15, 0.2) is 47.4 Å². The summed E-state index contributed by atoms with van der Waals surface area (Å²) in [7, 11) is -3.96. The number of hydrogen-bond donors (Lipinski definition) is 3. The molecule has 1 aliphatic heterocycles. The van der Waals surface area contributed by atoms with Crippen molar-refractivity contribution in [3.63, 3.8) is 0 Å². The van der Waals surface area contributed by atoms with Crippen LogP contribution in [0.3, 0.4) is 0 Å². The minimum Gasteiger partial charge on any atom is -0.494 e. The third kappa shape index (κ3) is 5.86. The summed E-state index contributed by atoms with van der Waals surface area (Å²) in [6.45, 7) is 5.97. The van der Waals surface area contributed by atoms with Crippen LogP contribution in [0, 0.1) is 5.92 Å². The Labute approximate surface area is 188 Å². The largest absolute Gasteiger partial charge is 0.494 e. The normalized spacial score (nSPS) is 14.8. The monoisotopic (exact) mass is 459 g/mol. The summed E-state index contributed by atoms with van der Waals surface area (Å²) >= 11 is 0. The lowest BCUT2D eigenvalue weighted by Crippen LogP contribution is -2.47. The third-order valence-electron chi connectivity index (χ3n) is 5.18. The highest BCUT2D eigenvalue weighted by atomic mass is 32.2. The first-order valence-corrected chi connectivity index (χ1v) is 12.2. The van der Waals surface area contributed by atoms with E-state index < -0.39 is 22.0 Å². The highest BCUT2D eigenvalue weighted by Gasteiger charge is 2.29. The molecule has 172 valence electrons. The molecule has 9 heteroatoms. The standard InChI is InChI=1S/C23H29N3O5S/c1-4-31-18-10-8-17(9-11-18)24-23(28)22(15(2)3)26-32(29,30)19-12-13-20-16(14-19)6-5-7-21(27)25-20/h8-15,22,26H,4-7H2,1-3H3,(H,24,28)(H,25,27)/t22-/m1/s1. The van der Waals surface area contributed by atoms with E-state index in [-0.39, 0.29) is 16.7 Å².